The van der Waals surface area contributed by atoms with Gasteiger partial charge in [0.1, 0.15) is 0 Å². The van der Waals surface area contributed by atoms with Crippen LogP contribution in [0.25, 0.3) is 20.5 Å². The molecule has 1 saturated heterocycles. The van der Waals surface area contributed by atoms with E-state index in [0.29, 0.717) is 6.54 Å². The van der Waals surface area contributed by atoms with Crippen LogP contribution >= 0.6 is 11.3 Å². The van der Waals surface area contributed by atoms with Gasteiger partial charge in [-0.2, -0.15) is 0 Å². The molecule has 0 saturated carbocycles. The number of hydrogen-bond donors (Lipinski definition) is 1. The Morgan fingerprint density at radius 1 is 1.15 bits per heavy atom. The predicted octanol–water partition coefficient (Wildman–Crippen LogP) is 3.15. The minimum atomic E-state index is 0.0447. The molecule has 4 rings (SSSR count). The van der Waals surface area contributed by atoms with E-state index in [4.69, 9.17) is 0 Å². The van der Waals surface area contributed by atoms with Crippen LogP contribution < -0.4 is 5.32 Å². The highest BCUT2D eigenvalue weighted by Crippen LogP contribution is 2.42. The third-order valence-corrected chi connectivity index (χ3v) is 5.97. The fraction of sp³-hybridized carbons (Fsp3) is 0.300. The molecule has 0 atom stereocenters. The molecule has 1 amide bonds. The summed E-state index contributed by atoms with van der Waals surface area (Å²) in [6.45, 7) is 4.32. The summed E-state index contributed by atoms with van der Waals surface area (Å²) >= 11 is 1.69. The van der Waals surface area contributed by atoms with Crippen molar-refractivity contribution in [3.8, 4) is 10.4 Å². The number of rotatable bonds is 4. The molecule has 134 valence electrons. The van der Waals surface area contributed by atoms with Gasteiger partial charge in [0, 0.05) is 54.2 Å². The quantitative estimate of drug-likeness (QED) is 0.771. The Bertz CT molecular complexity index is 901. The molecule has 1 N–H and O–H groups in total. The second-order valence-corrected chi connectivity index (χ2v) is 7.72. The number of aromatic nitrogens is 1. The number of pyridine rings is 1. The van der Waals surface area contributed by atoms with Crippen molar-refractivity contribution in [3.05, 3.63) is 48.8 Å². The number of benzene rings is 1. The zero-order valence-electron chi connectivity index (χ0n) is 14.8. The minimum Gasteiger partial charge on any atom is -0.323 e. The molecule has 2 aromatic heterocycles. The van der Waals surface area contributed by atoms with E-state index in [1.165, 1.54) is 4.70 Å². The number of piperazine rings is 1. The lowest BCUT2D eigenvalue weighted by Gasteiger charge is -2.31. The monoisotopic (exact) mass is 366 g/mol. The predicted molar refractivity (Wildman–Crippen MR) is 108 cm³/mol. The highest BCUT2D eigenvalue weighted by molar-refractivity contribution is 7.23. The highest BCUT2D eigenvalue weighted by Gasteiger charge is 2.19. The number of nitrogens with zero attached hydrogens (tertiary/aromatic N) is 3. The van der Waals surface area contributed by atoms with E-state index < -0.39 is 0 Å². The number of fused-ring (bicyclic) bond motifs is 1. The molecule has 1 fully saturated rings. The third kappa shape index (κ3) is 3.62. The molecule has 26 heavy (non-hydrogen) atoms. The average molecular weight is 366 g/mol. The van der Waals surface area contributed by atoms with Crippen LogP contribution in [0, 0.1) is 0 Å². The summed E-state index contributed by atoms with van der Waals surface area (Å²) in [5, 5.41) is 4.27. The largest absolute Gasteiger partial charge is 0.323 e. The molecule has 1 aliphatic heterocycles. The van der Waals surface area contributed by atoms with E-state index in [9.17, 15) is 4.79 Å². The maximum Gasteiger partial charge on any atom is 0.238 e. The van der Waals surface area contributed by atoms with Gasteiger partial charge in [-0.1, -0.05) is 24.3 Å². The number of thiophene rings is 1. The number of nitrogens with one attached hydrogen (secondary N) is 1. The number of anilines is 1. The van der Waals surface area contributed by atoms with Crippen LogP contribution in [0.4, 0.5) is 5.69 Å². The van der Waals surface area contributed by atoms with Crippen LogP contribution in [-0.2, 0) is 4.79 Å². The number of carbonyl (C=O) groups is 1. The van der Waals surface area contributed by atoms with Crippen molar-refractivity contribution in [1.82, 2.24) is 14.8 Å². The van der Waals surface area contributed by atoms with E-state index in [1.54, 1.807) is 17.5 Å². The Balaban J connectivity index is 1.60. The van der Waals surface area contributed by atoms with Gasteiger partial charge in [0.15, 0.2) is 0 Å². The molecule has 0 unspecified atom stereocenters. The summed E-state index contributed by atoms with van der Waals surface area (Å²) in [7, 11) is 2.12. The van der Waals surface area contributed by atoms with Gasteiger partial charge < -0.3 is 10.2 Å². The number of amides is 1. The molecule has 3 aromatic rings. The zero-order chi connectivity index (χ0) is 17.9. The van der Waals surface area contributed by atoms with Crippen LogP contribution in [0.3, 0.4) is 0 Å². The molecule has 1 aromatic carbocycles. The van der Waals surface area contributed by atoms with Crippen LogP contribution in [0.1, 0.15) is 0 Å². The van der Waals surface area contributed by atoms with Gasteiger partial charge in [0.05, 0.1) is 17.1 Å². The Kier molecular flexibility index (Phi) is 4.97. The maximum absolute atomic E-state index is 12.7. The van der Waals surface area contributed by atoms with Crippen molar-refractivity contribution in [3.63, 3.8) is 0 Å². The lowest BCUT2D eigenvalue weighted by atomic mass is 10.1. The molecule has 0 aliphatic carbocycles. The van der Waals surface area contributed by atoms with Crippen molar-refractivity contribution >= 4 is 33.0 Å². The maximum atomic E-state index is 12.7. The smallest absolute Gasteiger partial charge is 0.238 e. The van der Waals surface area contributed by atoms with Crippen molar-refractivity contribution < 1.29 is 4.79 Å². The topological polar surface area (TPSA) is 48.5 Å². The summed E-state index contributed by atoms with van der Waals surface area (Å²) in [5.74, 6) is 0.0447. The van der Waals surface area contributed by atoms with Gasteiger partial charge in [-0.25, -0.2) is 0 Å². The Labute approximate surface area is 157 Å². The molecule has 0 bridgehead atoms. The number of carbonyl (C=O) groups excluding carboxylic acids is 1. The Hall–Kier alpha value is -2.28. The lowest BCUT2D eigenvalue weighted by molar-refractivity contribution is -0.117. The molecular formula is C20H22N4OS. The molecule has 0 spiro atoms. The first-order valence-corrected chi connectivity index (χ1v) is 9.65. The van der Waals surface area contributed by atoms with E-state index in [0.717, 1.165) is 47.7 Å². The molecule has 0 radical (unpaired) electrons. The van der Waals surface area contributed by atoms with Crippen LogP contribution in [-0.4, -0.2) is 60.5 Å². The van der Waals surface area contributed by atoms with Gasteiger partial charge in [-0.05, 0) is 19.2 Å². The third-order valence-electron chi connectivity index (χ3n) is 4.75. The summed E-state index contributed by atoms with van der Waals surface area (Å²) in [5.41, 5.74) is 1.93. The van der Waals surface area contributed by atoms with Crippen LogP contribution in [0.2, 0.25) is 0 Å². The van der Waals surface area contributed by atoms with Gasteiger partial charge >= 0.3 is 0 Å². The molecule has 5 nitrogen and oxygen atoms in total. The van der Waals surface area contributed by atoms with Crippen LogP contribution in [0.15, 0.2) is 48.8 Å². The fourth-order valence-corrected chi connectivity index (χ4v) is 4.41. The molecular weight excluding hydrogens is 344 g/mol. The Morgan fingerprint density at radius 2 is 1.96 bits per heavy atom. The average Bonchev–Trinajstić information content (AvgIpc) is 3.03. The van der Waals surface area contributed by atoms with E-state index >= 15 is 0 Å². The van der Waals surface area contributed by atoms with Gasteiger partial charge in [0.2, 0.25) is 5.91 Å². The summed E-state index contributed by atoms with van der Waals surface area (Å²) in [4.78, 5) is 22.5. The van der Waals surface area contributed by atoms with Crippen molar-refractivity contribution in [2.45, 2.75) is 0 Å². The SMILES string of the molecule is CN1CCN(CC(=O)Nc2c(-c3cccnc3)sc3ccccc23)CC1. The lowest BCUT2D eigenvalue weighted by Crippen LogP contribution is -2.47. The summed E-state index contributed by atoms with van der Waals surface area (Å²) < 4.78 is 1.17. The van der Waals surface area contributed by atoms with Crippen LogP contribution in [0.5, 0.6) is 0 Å². The second-order valence-electron chi connectivity index (χ2n) is 6.67. The summed E-state index contributed by atoms with van der Waals surface area (Å²) in [6.07, 6.45) is 3.61. The first-order chi connectivity index (χ1) is 12.7. The first-order valence-electron chi connectivity index (χ1n) is 8.83. The van der Waals surface area contributed by atoms with Gasteiger partial charge in [-0.3, -0.25) is 14.7 Å². The van der Waals surface area contributed by atoms with E-state index in [-0.39, 0.29) is 5.91 Å². The first kappa shape index (κ1) is 17.1. The van der Waals surface area contributed by atoms with Gasteiger partial charge in [-0.15, -0.1) is 11.3 Å². The fourth-order valence-electron chi connectivity index (χ4n) is 3.26. The van der Waals surface area contributed by atoms with E-state index in [1.807, 2.05) is 30.5 Å². The number of hydrogen-bond acceptors (Lipinski definition) is 5. The zero-order valence-corrected chi connectivity index (χ0v) is 15.6. The molecule has 1 aliphatic rings. The van der Waals surface area contributed by atoms with Crippen molar-refractivity contribution in [2.24, 2.45) is 0 Å². The highest BCUT2D eigenvalue weighted by atomic mass is 32.1. The normalized spacial score (nSPS) is 16.0. The minimum absolute atomic E-state index is 0.0447. The van der Waals surface area contributed by atoms with E-state index in [2.05, 4.69) is 39.3 Å². The Morgan fingerprint density at radius 3 is 2.73 bits per heavy atom. The van der Waals surface area contributed by atoms with Crippen molar-refractivity contribution in [2.75, 3.05) is 45.1 Å². The number of likely N-dealkylation sites (N-methyl/N-ethyl adjacent to an activating group) is 1. The van der Waals surface area contributed by atoms with Gasteiger partial charge in [0.25, 0.3) is 0 Å². The van der Waals surface area contributed by atoms with Crippen molar-refractivity contribution in [1.29, 1.82) is 0 Å². The molecule has 6 heteroatoms. The molecule has 3 heterocycles. The summed E-state index contributed by atoms with van der Waals surface area (Å²) in [6, 6.07) is 12.2. The second kappa shape index (κ2) is 7.53. The standard InChI is InChI=1S/C20H22N4OS/c1-23-9-11-24(12-10-23)14-18(25)22-19-16-6-2-3-7-17(16)26-20(19)15-5-4-8-21-13-15/h2-8,13H,9-12,14H2,1H3,(H,22,25).